The fourth-order valence-electron chi connectivity index (χ4n) is 5.55. The van der Waals surface area contributed by atoms with E-state index in [1.54, 1.807) is 6.07 Å². The van der Waals surface area contributed by atoms with Gasteiger partial charge in [0.15, 0.2) is 11.6 Å². The third-order valence-electron chi connectivity index (χ3n) is 7.24. The molecule has 1 aromatic rings. The van der Waals surface area contributed by atoms with Crippen molar-refractivity contribution in [1.29, 1.82) is 0 Å². The van der Waals surface area contributed by atoms with E-state index in [1.165, 1.54) is 70.3 Å². The van der Waals surface area contributed by atoms with Crippen LogP contribution in [-0.2, 0) is 0 Å². The van der Waals surface area contributed by atoms with E-state index in [4.69, 9.17) is 0 Å². The van der Waals surface area contributed by atoms with E-state index in [0.717, 1.165) is 30.6 Å². The average Bonchev–Trinajstić information content (AvgIpc) is 2.72. The lowest BCUT2D eigenvalue weighted by Crippen LogP contribution is -2.25. The minimum atomic E-state index is -0.664. The van der Waals surface area contributed by atoms with Gasteiger partial charge in [-0.05, 0) is 86.0 Å². The molecule has 0 saturated heterocycles. The molecule has 0 aliphatic heterocycles. The van der Waals surface area contributed by atoms with E-state index in [0.29, 0.717) is 5.56 Å². The number of benzene rings is 1. The van der Waals surface area contributed by atoms with Crippen molar-refractivity contribution in [2.45, 2.75) is 89.9 Å². The van der Waals surface area contributed by atoms with Crippen LogP contribution in [0.2, 0.25) is 0 Å². The van der Waals surface area contributed by atoms with Gasteiger partial charge in [0.1, 0.15) is 5.69 Å². The molecule has 0 atom stereocenters. The van der Waals surface area contributed by atoms with Crippen LogP contribution in [0.3, 0.4) is 0 Å². The number of halogens is 2. The number of isothiocyanates is 1. The van der Waals surface area contributed by atoms with E-state index in [2.05, 4.69) is 29.3 Å². The summed E-state index contributed by atoms with van der Waals surface area (Å²) in [6.07, 6.45) is 15.4. The Morgan fingerprint density at radius 2 is 1.61 bits per heavy atom. The van der Waals surface area contributed by atoms with Gasteiger partial charge in [0.05, 0.1) is 5.16 Å². The minimum Gasteiger partial charge on any atom is -0.204 e. The zero-order valence-electron chi connectivity index (χ0n) is 17.1. The SMILES string of the molecule is CCCCCC1CCC(C2CCC(c3ccc(F)c(N=C=S)c3F)CC2)CC1. The molecule has 0 bridgehead atoms. The molecule has 0 heterocycles. The number of nitrogens with zero attached hydrogens (tertiary/aromatic N) is 1. The Morgan fingerprint density at radius 3 is 2.21 bits per heavy atom. The van der Waals surface area contributed by atoms with Gasteiger partial charge in [0.25, 0.3) is 0 Å². The predicted molar refractivity (Wildman–Crippen MR) is 115 cm³/mol. The van der Waals surface area contributed by atoms with Crippen LogP contribution in [0.1, 0.15) is 95.5 Å². The topological polar surface area (TPSA) is 12.4 Å². The van der Waals surface area contributed by atoms with E-state index < -0.39 is 11.6 Å². The number of hydrogen-bond donors (Lipinski definition) is 0. The van der Waals surface area contributed by atoms with Crippen LogP contribution in [0.25, 0.3) is 0 Å². The zero-order valence-corrected chi connectivity index (χ0v) is 17.9. The Hall–Kier alpha value is -1.12. The fraction of sp³-hybridized carbons (Fsp3) is 0.708. The highest BCUT2D eigenvalue weighted by atomic mass is 32.1. The van der Waals surface area contributed by atoms with Crippen LogP contribution in [0.5, 0.6) is 0 Å². The maximum atomic E-state index is 14.7. The van der Waals surface area contributed by atoms with Gasteiger partial charge in [-0.3, -0.25) is 0 Å². The Morgan fingerprint density at radius 1 is 0.964 bits per heavy atom. The van der Waals surface area contributed by atoms with Crippen LogP contribution in [0.4, 0.5) is 14.5 Å². The van der Waals surface area contributed by atoms with Gasteiger partial charge in [-0.25, -0.2) is 8.78 Å². The molecule has 2 fully saturated rings. The summed E-state index contributed by atoms with van der Waals surface area (Å²) in [7, 11) is 0. The van der Waals surface area contributed by atoms with E-state index in [9.17, 15) is 8.78 Å². The van der Waals surface area contributed by atoms with Gasteiger partial charge >= 0.3 is 0 Å². The molecule has 0 radical (unpaired) electrons. The van der Waals surface area contributed by atoms with Gasteiger partial charge in [0, 0.05) is 0 Å². The smallest absolute Gasteiger partial charge is 0.156 e. The monoisotopic (exact) mass is 405 g/mol. The molecular weight excluding hydrogens is 372 g/mol. The lowest BCUT2D eigenvalue weighted by Gasteiger charge is -2.38. The average molecular weight is 406 g/mol. The molecule has 1 nitrogen and oxygen atoms in total. The summed E-state index contributed by atoms with van der Waals surface area (Å²) in [5.74, 6) is 1.55. The Kier molecular flexibility index (Phi) is 8.17. The van der Waals surface area contributed by atoms with Crippen LogP contribution in [0, 0.1) is 29.4 Å². The van der Waals surface area contributed by atoms with Crippen molar-refractivity contribution >= 4 is 23.1 Å². The Bertz CT molecular complexity index is 682. The zero-order chi connectivity index (χ0) is 19.9. The summed E-state index contributed by atoms with van der Waals surface area (Å²) < 4.78 is 28.5. The first-order valence-electron chi connectivity index (χ1n) is 11.2. The normalized spacial score (nSPS) is 28.0. The molecule has 2 aliphatic rings. The second-order valence-electron chi connectivity index (χ2n) is 8.89. The molecule has 4 heteroatoms. The number of aliphatic imine (C=N–C) groups is 1. The van der Waals surface area contributed by atoms with Gasteiger partial charge in [-0.1, -0.05) is 51.5 Å². The summed E-state index contributed by atoms with van der Waals surface area (Å²) in [5, 5.41) is 2.09. The van der Waals surface area contributed by atoms with Crippen molar-refractivity contribution in [3.8, 4) is 0 Å². The summed E-state index contributed by atoms with van der Waals surface area (Å²) >= 11 is 4.53. The third-order valence-corrected chi connectivity index (χ3v) is 7.33. The lowest BCUT2D eigenvalue weighted by atomic mass is 9.68. The maximum Gasteiger partial charge on any atom is 0.156 e. The molecule has 154 valence electrons. The Labute approximate surface area is 174 Å². The van der Waals surface area contributed by atoms with Crippen molar-refractivity contribution in [1.82, 2.24) is 0 Å². The standard InChI is InChI=1S/C24H33F2NS/c1-2-3-4-5-17-6-8-18(9-7-17)19-10-12-20(13-11-19)21-14-15-22(25)24(23(21)26)27-16-28/h14-15,17-20H,2-13H2,1H3. The molecule has 2 saturated carbocycles. The largest absolute Gasteiger partial charge is 0.204 e. The molecule has 0 N–H and O–H groups in total. The van der Waals surface area contributed by atoms with Crippen LogP contribution < -0.4 is 0 Å². The van der Waals surface area contributed by atoms with Crippen molar-refractivity contribution in [3.63, 3.8) is 0 Å². The number of unbranched alkanes of at least 4 members (excludes halogenated alkanes) is 2. The highest BCUT2D eigenvalue weighted by molar-refractivity contribution is 7.78. The van der Waals surface area contributed by atoms with Gasteiger partial charge in [0.2, 0.25) is 0 Å². The summed E-state index contributed by atoms with van der Waals surface area (Å²) in [6.45, 7) is 2.27. The quantitative estimate of drug-likeness (QED) is 0.252. The second-order valence-corrected chi connectivity index (χ2v) is 9.07. The number of thiocarbonyl (C=S) groups is 1. The minimum absolute atomic E-state index is 0.168. The van der Waals surface area contributed by atoms with Gasteiger partial charge < -0.3 is 0 Å². The summed E-state index contributed by atoms with van der Waals surface area (Å²) in [4.78, 5) is 3.60. The summed E-state index contributed by atoms with van der Waals surface area (Å²) in [5.41, 5.74) is 0.319. The molecule has 0 aromatic heterocycles. The summed E-state index contributed by atoms with van der Waals surface area (Å²) in [6, 6.07) is 2.91. The molecule has 2 aliphatic carbocycles. The predicted octanol–water partition coefficient (Wildman–Crippen LogP) is 8.36. The molecule has 0 amide bonds. The molecule has 1 aromatic carbocycles. The maximum absolute atomic E-state index is 14.7. The first kappa shape index (κ1) is 21.6. The van der Waals surface area contributed by atoms with Gasteiger partial charge in [-0.2, -0.15) is 4.99 Å². The first-order chi connectivity index (χ1) is 13.6. The van der Waals surface area contributed by atoms with Crippen molar-refractivity contribution < 1.29 is 8.78 Å². The molecule has 0 spiro atoms. The van der Waals surface area contributed by atoms with E-state index in [-0.39, 0.29) is 11.6 Å². The van der Waals surface area contributed by atoms with Gasteiger partial charge in [-0.15, -0.1) is 0 Å². The number of hydrogen-bond acceptors (Lipinski definition) is 2. The number of rotatable bonds is 7. The van der Waals surface area contributed by atoms with E-state index >= 15 is 0 Å². The van der Waals surface area contributed by atoms with Crippen LogP contribution in [-0.4, -0.2) is 5.16 Å². The first-order valence-corrected chi connectivity index (χ1v) is 11.6. The second kappa shape index (κ2) is 10.6. The van der Waals surface area contributed by atoms with E-state index in [1.807, 2.05) is 0 Å². The molecule has 3 rings (SSSR count). The molecule has 0 unspecified atom stereocenters. The van der Waals surface area contributed by atoms with Crippen LogP contribution in [0.15, 0.2) is 17.1 Å². The highest BCUT2D eigenvalue weighted by Gasteiger charge is 2.32. The molecular formula is C24H33F2NS. The van der Waals surface area contributed by atoms with Crippen molar-refractivity contribution in [2.24, 2.45) is 22.7 Å². The van der Waals surface area contributed by atoms with Crippen LogP contribution >= 0.6 is 12.2 Å². The third kappa shape index (κ3) is 5.27. The molecule has 28 heavy (non-hydrogen) atoms. The lowest BCUT2D eigenvalue weighted by molar-refractivity contribution is 0.155. The van der Waals surface area contributed by atoms with Crippen molar-refractivity contribution in [2.75, 3.05) is 0 Å². The van der Waals surface area contributed by atoms with Crippen molar-refractivity contribution in [3.05, 3.63) is 29.3 Å². The fourth-order valence-corrected chi connectivity index (χ4v) is 5.64. The Balaban J connectivity index is 1.52. The highest BCUT2D eigenvalue weighted by Crippen LogP contribution is 2.45.